The van der Waals surface area contributed by atoms with E-state index < -0.39 is 0 Å². The lowest BCUT2D eigenvalue weighted by Crippen LogP contribution is -2.27. The molecule has 4 nitrogen and oxygen atoms in total. The van der Waals surface area contributed by atoms with Crippen LogP contribution >= 0.6 is 0 Å². The average Bonchev–Trinajstić information content (AvgIpc) is 2.66. The van der Waals surface area contributed by atoms with Crippen LogP contribution in [0.4, 0.5) is 5.95 Å². The van der Waals surface area contributed by atoms with Gasteiger partial charge in [0.1, 0.15) is 0 Å². The van der Waals surface area contributed by atoms with Crippen LogP contribution in [0.15, 0.2) is 0 Å². The number of hydrogen-bond acceptors (Lipinski definition) is 4. The molecule has 19 heavy (non-hydrogen) atoms. The Morgan fingerprint density at radius 2 is 1.58 bits per heavy atom. The second-order valence-corrected chi connectivity index (χ2v) is 5.43. The standard InChI is InChI=1S/C15H26N4/c1-12-14(8-9-16-3)13(2)18-15(17-12)19-10-6-4-5-7-11-19/h16H,4-11H2,1-3H3. The van der Waals surface area contributed by atoms with Crippen molar-refractivity contribution in [1.29, 1.82) is 0 Å². The van der Waals surface area contributed by atoms with Gasteiger partial charge in [0.2, 0.25) is 5.95 Å². The van der Waals surface area contributed by atoms with Crippen LogP contribution in [0, 0.1) is 13.8 Å². The summed E-state index contributed by atoms with van der Waals surface area (Å²) in [4.78, 5) is 11.8. The lowest BCUT2D eigenvalue weighted by atomic mass is 10.1. The highest BCUT2D eigenvalue weighted by Gasteiger charge is 2.15. The maximum Gasteiger partial charge on any atom is 0.225 e. The van der Waals surface area contributed by atoms with Crippen LogP contribution in [0.1, 0.15) is 42.6 Å². The molecule has 0 unspecified atom stereocenters. The van der Waals surface area contributed by atoms with E-state index in [1.54, 1.807) is 0 Å². The summed E-state index contributed by atoms with van der Waals surface area (Å²) in [5, 5.41) is 3.19. The van der Waals surface area contributed by atoms with E-state index in [2.05, 4.69) is 24.1 Å². The van der Waals surface area contributed by atoms with Crippen molar-refractivity contribution >= 4 is 5.95 Å². The molecule has 0 saturated carbocycles. The van der Waals surface area contributed by atoms with Crippen molar-refractivity contribution in [3.63, 3.8) is 0 Å². The molecule has 1 aliphatic heterocycles. The number of nitrogens with one attached hydrogen (secondary N) is 1. The number of aromatic nitrogens is 2. The molecule has 106 valence electrons. The maximum absolute atomic E-state index is 4.74. The Labute approximate surface area is 116 Å². The van der Waals surface area contributed by atoms with Crippen molar-refractivity contribution in [3.05, 3.63) is 17.0 Å². The first-order valence-electron chi connectivity index (χ1n) is 7.46. The molecule has 0 radical (unpaired) electrons. The van der Waals surface area contributed by atoms with E-state index in [1.807, 2.05) is 7.05 Å². The summed E-state index contributed by atoms with van der Waals surface area (Å²) in [6.45, 7) is 7.42. The molecule has 0 bridgehead atoms. The first kappa shape index (κ1) is 14.3. The molecule has 2 heterocycles. The Hall–Kier alpha value is -1.16. The molecule has 1 aliphatic rings. The molecule has 1 fully saturated rings. The second kappa shape index (κ2) is 6.85. The minimum absolute atomic E-state index is 0.935. The molecule has 1 N–H and O–H groups in total. The molecule has 0 aliphatic carbocycles. The van der Waals surface area contributed by atoms with Crippen molar-refractivity contribution in [2.45, 2.75) is 46.0 Å². The fraction of sp³-hybridized carbons (Fsp3) is 0.733. The van der Waals surface area contributed by atoms with Crippen LogP contribution in [-0.4, -0.2) is 36.6 Å². The number of anilines is 1. The van der Waals surface area contributed by atoms with E-state index in [-0.39, 0.29) is 0 Å². The van der Waals surface area contributed by atoms with Crippen LogP contribution in [0.3, 0.4) is 0 Å². The highest BCUT2D eigenvalue weighted by molar-refractivity contribution is 5.36. The van der Waals surface area contributed by atoms with Gasteiger partial charge in [0.25, 0.3) is 0 Å². The first-order chi connectivity index (χ1) is 9.22. The van der Waals surface area contributed by atoms with Crippen molar-refractivity contribution in [2.24, 2.45) is 0 Å². The Morgan fingerprint density at radius 3 is 2.11 bits per heavy atom. The summed E-state index contributed by atoms with van der Waals surface area (Å²) < 4.78 is 0. The van der Waals surface area contributed by atoms with Crippen LogP contribution in [-0.2, 0) is 6.42 Å². The quantitative estimate of drug-likeness (QED) is 0.903. The largest absolute Gasteiger partial charge is 0.341 e. The number of aryl methyl sites for hydroxylation is 2. The van der Waals surface area contributed by atoms with Gasteiger partial charge in [-0.25, -0.2) is 9.97 Å². The highest BCUT2D eigenvalue weighted by atomic mass is 15.2. The molecule has 1 aromatic heterocycles. The van der Waals surface area contributed by atoms with E-state index in [1.165, 1.54) is 31.2 Å². The van der Waals surface area contributed by atoms with Crippen LogP contribution in [0.2, 0.25) is 0 Å². The molecule has 0 amide bonds. The van der Waals surface area contributed by atoms with Crippen LogP contribution in [0.5, 0.6) is 0 Å². The lowest BCUT2D eigenvalue weighted by molar-refractivity contribution is 0.726. The third-order valence-electron chi connectivity index (χ3n) is 3.92. The monoisotopic (exact) mass is 262 g/mol. The third kappa shape index (κ3) is 3.66. The number of nitrogens with zero attached hydrogens (tertiary/aromatic N) is 3. The van der Waals surface area contributed by atoms with Crippen LogP contribution in [0.25, 0.3) is 0 Å². The first-order valence-corrected chi connectivity index (χ1v) is 7.46. The van der Waals surface area contributed by atoms with Gasteiger partial charge in [-0.2, -0.15) is 0 Å². The zero-order chi connectivity index (χ0) is 13.7. The summed E-state index contributed by atoms with van der Waals surface area (Å²) in [7, 11) is 1.98. The molecule has 0 aromatic carbocycles. The minimum Gasteiger partial charge on any atom is -0.341 e. The lowest BCUT2D eigenvalue weighted by Gasteiger charge is -2.22. The van der Waals surface area contributed by atoms with E-state index in [0.29, 0.717) is 0 Å². The SMILES string of the molecule is CNCCc1c(C)nc(N2CCCCCC2)nc1C. The molecule has 1 saturated heterocycles. The molecular formula is C15H26N4. The molecular weight excluding hydrogens is 236 g/mol. The van der Waals surface area contributed by atoms with Crippen molar-refractivity contribution in [3.8, 4) is 0 Å². The summed E-state index contributed by atoms with van der Waals surface area (Å²) in [6, 6.07) is 0. The Kier molecular flexibility index (Phi) is 5.14. The fourth-order valence-corrected chi connectivity index (χ4v) is 2.75. The topological polar surface area (TPSA) is 41.1 Å². The van der Waals surface area contributed by atoms with E-state index in [0.717, 1.165) is 43.4 Å². The average molecular weight is 262 g/mol. The molecule has 1 aromatic rings. The molecule has 4 heteroatoms. The normalized spacial score (nSPS) is 16.5. The zero-order valence-electron chi connectivity index (χ0n) is 12.5. The number of rotatable bonds is 4. The van der Waals surface area contributed by atoms with Gasteiger partial charge in [0.05, 0.1) is 0 Å². The van der Waals surface area contributed by atoms with E-state index >= 15 is 0 Å². The smallest absolute Gasteiger partial charge is 0.225 e. The summed E-state index contributed by atoms with van der Waals surface area (Å²) >= 11 is 0. The Morgan fingerprint density at radius 1 is 1.00 bits per heavy atom. The van der Waals surface area contributed by atoms with Gasteiger partial charge in [0, 0.05) is 24.5 Å². The fourth-order valence-electron chi connectivity index (χ4n) is 2.75. The van der Waals surface area contributed by atoms with Gasteiger partial charge < -0.3 is 10.2 Å². The second-order valence-electron chi connectivity index (χ2n) is 5.43. The minimum atomic E-state index is 0.935. The third-order valence-corrected chi connectivity index (χ3v) is 3.92. The van der Waals surface area contributed by atoms with Crippen molar-refractivity contribution < 1.29 is 0 Å². The van der Waals surface area contributed by atoms with Gasteiger partial charge in [-0.3, -0.25) is 0 Å². The number of likely N-dealkylation sites (N-methyl/N-ethyl adjacent to an activating group) is 1. The number of hydrogen-bond donors (Lipinski definition) is 1. The van der Waals surface area contributed by atoms with Crippen LogP contribution < -0.4 is 10.2 Å². The Bertz CT molecular complexity index is 386. The predicted octanol–water partition coefficient (Wildman–Crippen LogP) is 2.24. The summed E-state index contributed by atoms with van der Waals surface area (Å²) in [5.41, 5.74) is 3.58. The predicted molar refractivity (Wildman–Crippen MR) is 79.8 cm³/mol. The van der Waals surface area contributed by atoms with E-state index in [4.69, 9.17) is 9.97 Å². The van der Waals surface area contributed by atoms with Gasteiger partial charge in [-0.1, -0.05) is 12.8 Å². The Balaban J connectivity index is 2.18. The summed E-state index contributed by atoms with van der Waals surface area (Å²) in [6.07, 6.45) is 6.23. The van der Waals surface area contributed by atoms with Gasteiger partial charge in [-0.15, -0.1) is 0 Å². The molecule has 0 atom stereocenters. The van der Waals surface area contributed by atoms with Crippen molar-refractivity contribution in [1.82, 2.24) is 15.3 Å². The van der Waals surface area contributed by atoms with Gasteiger partial charge in [0.15, 0.2) is 0 Å². The molecule has 0 spiro atoms. The van der Waals surface area contributed by atoms with Gasteiger partial charge in [-0.05, 0) is 52.3 Å². The summed E-state index contributed by atoms with van der Waals surface area (Å²) in [5.74, 6) is 0.935. The molecule has 2 rings (SSSR count). The maximum atomic E-state index is 4.74. The van der Waals surface area contributed by atoms with E-state index in [9.17, 15) is 0 Å². The van der Waals surface area contributed by atoms with Crippen molar-refractivity contribution in [2.75, 3.05) is 31.6 Å². The zero-order valence-corrected chi connectivity index (χ0v) is 12.5. The van der Waals surface area contributed by atoms with Gasteiger partial charge >= 0.3 is 0 Å². The highest BCUT2D eigenvalue weighted by Crippen LogP contribution is 2.19.